The van der Waals surface area contributed by atoms with Gasteiger partial charge in [0.1, 0.15) is 11.4 Å². The molecule has 0 bridgehead atoms. The first-order chi connectivity index (χ1) is 17.8. The summed E-state index contributed by atoms with van der Waals surface area (Å²) in [5, 5.41) is 5.24. The van der Waals surface area contributed by atoms with Gasteiger partial charge in [-0.1, -0.05) is 48.5 Å². The second-order valence-corrected chi connectivity index (χ2v) is 10.6. The molecule has 1 unspecified atom stereocenters. The number of nitrogens with zero attached hydrogens (tertiary/aromatic N) is 4. The van der Waals surface area contributed by atoms with Crippen molar-refractivity contribution in [3.8, 4) is 11.3 Å². The van der Waals surface area contributed by atoms with Crippen LogP contribution in [0.5, 0.6) is 0 Å². The minimum atomic E-state index is -0.409. The third-order valence-corrected chi connectivity index (χ3v) is 8.56. The van der Waals surface area contributed by atoms with Crippen molar-refractivity contribution in [1.82, 2.24) is 9.13 Å². The van der Waals surface area contributed by atoms with Crippen molar-refractivity contribution in [2.24, 2.45) is 0 Å². The number of fused-ring (bicyclic) bond motifs is 5. The summed E-state index contributed by atoms with van der Waals surface area (Å²) in [6, 6.07) is 29.3. The molecule has 4 heteroatoms. The Balaban J connectivity index is 1.47. The van der Waals surface area contributed by atoms with Gasteiger partial charge in [0, 0.05) is 24.1 Å². The molecule has 1 atom stereocenters. The molecular weight excluding hydrogens is 440 g/mol. The minimum Gasteiger partial charge on any atom is -0.199 e. The monoisotopic (exact) mass is 470 g/mol. The van der Waals surface area contributed by atoms with E-state index in [0.29, 0.717) is 0 Å². The van der Waals surface area contributed by atoms with E-state index in [4.69, 9.17) is 0 Å². The molecule has 1 spiro atoms. The second kappa shape index (κ2) is 7.30. The van der Waals surface area contributed by atoms with Crippen LogP contribution in [0.1, 0.15) is 42.8 Å². The molecule has 3 aromatic carbocycles. The lowest BCUT2D eigenvalue weighted by molar-refractivity contribution is -0.858. The molecule has 0 amide bonds. The number of hydrogen-bond donors (Lipinski definition) is 0. The van der Waals surface area contributed by atoms with Crippen molar-refractivity contribution in [3.05, 3.63) is 95.9 Å². The van der Waals surface area contributed by atoms with E-state index in [-0.39, 0.29) is 0 Å². The van der Waals surface area contributed by atoms with Crippen LogP contribution in [0.4, 0.5) is 0 Å². The van der Waals surface area contributed by atoms with Crippen LogP contribution < -0.4 is 0 Å². The molecule has 0 saturated carbocycles. The highest BCUT2D eigenvalue weighted by Crippen LogP contribution is 2.43. The average molecular weight is 471 g/mol. The zero-order valence-corrected chi connectivity index (χ0v) is 20.7. The van der Waals surface area contributed by atoms with Gasteiger partial charge in [-0.2, -0.15) is 9.13 Å². The van der Waals surface area contributed by atoms with Crippen molar-refractivity contribution in [1.29, 1.82) is 0 Å². The molecule has 1 fully saturated rings. The lowest BCUT2D eigenvalue weighted by Gasteiger charge is -2.26. The van der Waals surface area contributed by atoms with Crippen molar-refractivity contribution >= 4 is 34.0 Å². The molecule has 0 N–H and O–H groups in total. The molecule has 2 aromatic heterocycles. The van der Waals surface area contributed by atoms with E-state index in [0.717, 1.165) is 13.1 Å². The number of aromatic nitrogens is 2. The van der Waals surface area contributed by atoms with E-state index in [2.05, 4.69) is 117 Å². The Hall–Kier alpha value is -3.92. The smallest absolute Gasteiger partial charge is 0.199 e. The Morgan fingerprint density at radius 3 is 2.06 bits per heavy atom. The summed E-state index contributed by atoms with van der Waals surface area (Å²) in [6.07, 6.45) is 9.84. The Bertz CT molecular complexity index is 1750. The average Bonchev–Trinajstić information content (AvgIpc) is 3.64. The SMILES string of the molecule is Cc1ccc2n1C13n4c(ccc4-c4cc5ccccc5c5ccccc45)C=[N+]1CCCCCC[N+]3=C2. The number of rotatable bonds is 1. The molecule has 1 saturated heterocycles. The third kappa shape index (κ3) is 2.49. The fourth-order valence-corrected chi connectivity index (χ4v) is 7.05. The van der Waals surface area contributed by atoms with Crippen LogP contribution in [-0.4, -0.2) is 43.8 Å². The molecule has 36 heavy (non-hydrogen) atoms. The quantitative estimate of drug-likeness (QED) is 0.206. The van der Waals surface area contributed by atoms with Gasteiger partial charge in [-0.25, -0.2) is 0 Å². The number of benzene rings is 3. The van der Waals surface area contributed by atoms with Gasteiger partial charge < -0.3 is 0 Å². The van der Waals surface area contributed by atoms with E-state index in [9.17, 15) is 0 Å². The lowest BCUT2D eigenvalue weighted by Crippen LogP contribution is -2.55. The largest absolute Gasteiger partial charge is 0.542 e. The number of aryl methyl sites for hydroxylation is 1. The molecule has 5 heterocycles. The fourth-order valence-electron chi connectivity index (χ4n) is 7.05. The predicted octanol–water partition coefficient (Wildman–Crippen LogP) is 6.15. The maximum absolute atomic E-state index is 2.62. The summed E-state index contributed by atoms with van der Waals surface area (Å²) in [6.45, 7) is 4.37. The normalized spacial score (nSPS) is 20.7. The summed E-state index contributed by atoms with van der Waals surface area (Å²) in [5.41, 5.74) is 6.46. The molecule has 0 aliphatic carbocycles. The van der Waals surface area contributed by atoms with E-state index in [1.807, 2.05) is 0 Å². The van der Waals surface area contributed by atoms with E-state index < -0.39 is 5.91 Å². The highest BCUT2D eigenvalue weighted by Gasteiger charge is 2.65. The molecular formula is C32H30N4+2. The van der Waals surface area contributed by atoms with Crippen molar-refractivity contribution < 1.29 is 9.15 Å². The molecule has 3 aliphatic rings. The van der Waals surface area contributed by atoms with E-state index in [1.165, 1.54) is 75.6 Å². The third-order valence-electron chi connectivity index (χ3n) is 8.56. The van der Waals surface area contributed by atoms with Gasteiger partial charge in [0.15, 0.2) is 25.5 Å². The first kappa shape index (κ1) is 20.3. The van der Waals surface area contributed by atoms with Gasteiger partial charge >= 0.3 is 5.91 Å². The minimum absolute atomic E-state index is 0.409. The molecule has 3 aliphatic heterocycles. The van der Waals surface area contributed by atoms with Crippen LogP contribution in [0.3, 0.4) is 0 Å². The van der Waals surface area contributed by atoms with Gasteiger partial charge in [0.2, 0.25) is 0 Å². The topological polar surface area (TPSA) is 15.9 Å². The van der Waals surface area contributed by atoms with Crippen LogP contribution in [0.2, 0.25) is 0 Å². The van der Waals surface area contributed by atoms with E-state index in [1.54, 1.807) is 0 Å². The first-order valence-corrected chi connectivity index (χ1v) is 13.3. The van der Waals surface area contributed by atoms with Gasteiger partial charge in [0.05, 0.1) is 5.69 Å². The molecule has 0 radical (unpaired) electrons. The van der Waals surface area contributed by atoms with Gasteiger partial charge in [0.25, 0.3) is 0 Å². The van der Waals surface area contributed by atoms with Crippen molar-refractivity contribution in [2.45, 2.75) is 38.5 Å². The Labute approximate surface area is 211 Å². The molecule has 5 aromatic rings. The predicted molar refractivity (Wildman–Crippen MR) is 146 cm³/mol. The maximum atomic E-state index is 2.62. The highest BCUT2D eigenvalue weighted by atomic mass is 15.6. The zero-order chi connectivity index (χ0) is 23.9. The van der Waals surface area contributed by atoms with E-state index >= 15 is 0 Å². The summed E-state index contributed by atoms with van der Waals surface area (Å²) >= 11 is 0. The molecule has 176 valence electrons. The first-order valence-electron chi connectivity index (χ1n) is 13.3. The maximum Gasteiger partial charge on any atom is 0.542 e. The van der Waals surface area contributed by atoms with Crippen molar-refractivity contribution in [3.63, 3.8) is 0 Å². The summed E-state index contributed by atoms with van der Waals surface area (Å²) in [7, 11) is 0. The Morgan fingerprint density at radius 1 is 0.639 bits per heavy atom. The highest BCUT2D eigenvalue weighted by molar-refractivity contribution is 6.13. The van der Waals surface area contributed by atoms with Gasteiger partial charge in [-0.3, -0.25) is 0 Å². The van der Waals surface area contributed by atoms with Crippen molar-refractivity contribution in [2.75, 3.05) is 13.1 Å². The van der Waals surface area contributed by atoms with Crippen LogP contribution in [0.25, 0.3) is 32.8 Å². The number of hydrogen-bond acceptors (Lipinski definition) is 0. The zero-order valence-electron chi connectivity index (χ0n) is 20.7. The van der Waals surface area contributed by atoms with Crippen LogP contribution in [0.15, 0.2) is 78.9 Å². The standard InChI is InChI=1S/C32H30N4/c1-23-14-15-25-21-33-18-8-2-3-9-19-34-22-26-16-17-31(36(26)32(33,34)35(23)25)30-20-24-10-4-5-11-27(24)28-12-6-7-13-29(28)30/h4-7,10-17,20-22H,2-3,8-9,18-19H2,1H3/q+2. The Kier molecular flexibility index (Phi) is 4.11. The van der Waals surface area contributed by atoms with Gasteiger partial charge in [-0.15, -0.1) is 9.15 Å². The summed E-state index contributed by atoms with van der Waals surface area (Å²) in [4.78, 5) is 0. The summed E-state index contributed by atoms with van der Waals surface area (Å²) in [5.74, 6) is -0.409. The Morgan fingerprint density at radius 2 is 1.28 bits per heavy atom. The van der Waals surface area contributed by atoms with Crippen LogP contribution in [-0.2, 0) is 5.91 Å². The molecule has 4 nitrogen and oxygen atoms in total. The summed E-state index contributed by atoms with van der Waals surface area (Å²) < 4.78 is 10.4. The molecule has 8 rings (SSSR count). The second-order valence-electron chi connectivity index (χ2n) is 10.6. The fraction of sp³-hybridized carbons (Fsp3) is 0.250. The van der Waals surface area contributed by atoms with Gasteiger partial charge in [-0.05, 0) is 71.6 Å². The lowest BCUT2D eigenvalue weighted by atomic mass is 9.95. The van der Waals surface area contributed by atoms with Crippen LogP contribution >= 0.6 is 0 Å². The van der Waals surface area contributed by atoms with Crippen LogP contribution in [0, 0.1) is 6.92 Å².